The molecule has 4 heteroatoms. The third-order valence-electron chi connectivity index (χ3n) is 6.18. The van der Waals surface area contributed by atoms with E-state index >= 15 is 0 Å². The lowest BCUT2D eigenvalue weighted by Crippen LogP contribution is -2.41. The zero-order valence-corrected chi connectivity index (χ0v) is 16.5. The van der Waals surface area contributed by atoms with Crippen LogP contribution in [0.4, 0.5) is 0 Å². The Bertz CT molecular complexity index is 555. The Hall–Kier alpha value is -1.39. The maximum absolute atomic E-state index is 12.5. The number of rotatable bonds is 6. The van der Waals surface area contributed by atoms with Gasteiger partial charge in [-0.05, 0) is 83.7 Å². The predicted octanol–water partition coefficient (Wildman–Crippen LogP) is 3.06. The molecular weight excluding hydrogens is 322 g/mol. The topological polar surface area (TPSA) is 35.6 Å². The van der Waals surface area contributed by atoms with Crippen LogP contribution in [-0.2, 0) is 11.3 Å². The van der Waals surface area contributed by atoms with Crippen LogP contribution in [0, 0.1) is 18.8 Å². The molecule has 0 spiro atoms. The van der Waals surface area contributed by atoms with E-state index in [4.69, 9.17) is 0 Å². The summed E-state index contributed by atoms with van der Waals surface area (Å²) in [5, 5.41) is 3.21. The number of amides is 1. The molecule has 1 aromatic rings. The van der Waals surface area contributed by atoms with Gasteiger partial charge in [0.15, 0.2) is 0 Å². The van der Waals surface area contributed by atoms with Gasteiger partial charge >= 0.3 is 0 Å². The molecule has 1 N–H and O–H groups in total. The second-order valence-electron chi connectivity index (χ2n) is 8.36. The van der Waals surface area contributed by atoms with Crippen LogP contribution in [-0.4, -0.2) is 55.5 Å². The molecule has 0 unspecified atom stereocenters. The minimum Gasteiger partial charge on any atom is -0.356 e. The molecule has 0 aromatic heterocycles. The molecule has 0 aliphatic carbocycles. The van der Waals surface area contributed by atoms with Crippen LogP contribution < -0.4 is 5.32 Å². The summed E-state index contributed by atoms with van der Waals surface area (Å²) < 4.78 is 0. The Morgan fingerprint density at radius 1 is 1.04 bits per heavy atom. The molecule has 0 radical (unpaired) electrons. The first-order chi connectivity index (χ1) is 12.6. The summed E-state index contributed by atoms with van der Waals surface area (Å²) in [5.74, 6) is 1.29. The third-order valence-corrected chi connectivity index (χ3v) is 6.18. The van der Waals surface area contributed by atoms with Crippen molar-refractivity contribution in [3.63, 3.8) is 0 Å². The van der Waals surface area contributed by atoms with Gasteiger partial charge in [0, 0.05) is 19.0 Å². The van der Waals surface area contributed by atoms with Gasteiger partial charge in [0.25, 0.3) is 0 Å². The fourth-order valence-corrected chi connectivity index (χ4v) is 4.20. The predicted molar refractivity (Wildman–Crippen MR) is 107 cm³/mol. The lowest BCUT2D eigenvalue weighted by molar-refractivity contribution is -0.126. The fourth-order valence-electron chi connectivity index (χ4n) is 4.20. The average Bonchev–Trinajstić information content (AvgIpc) is 2.66. The van der Waals surface area contributed by atoms with Gasteiger partial charge in [-0.15, -0.1) is 0 Å². The van der Waals surface area contributed by atoms with Gasteiger partial charge in [-0.2, -0.15) is 0 Å². The van der Waals surface area contributed by atoms with Crippen molar-refractivity contribution in [3.8, 4) is 0 Å². The standard InChI is InChI=1S/C22H35N3O/c1-18-3-5-20(6-4-18)17-25-15-10-21(11-16-25)22(26)23-12-7-19-8-13-24(2)14-9-19/h3-6,19,21H,7-17H2,1-2H3,(H,23,26). The first kappa shape index (κ1) is 19.4. The SMILES string of the molecule is Cc1ccc(CN2CCC(C(=O)NCCC3CCN(C)CC3)CC2)cc1. The molecule has 1 amide bonds. The Labute approximate surface area is 158 Å². The van der Waals surface area contributed by atoms with Gasteiger partial charge in [0.1, 0.15) is 0 Å². The summed E-state index contributed by atoms with van der Waals surface area (Å²) in [6.45, 7) is 8.46. The van der Waals surface area contributed by atoms with Gasteiger partial charge in [-0.25, -0.2) is 0 Å². The zero-order chi connectivity index (χ0) is 18.4. The van der Waals surface area contributed by atoms with Crippen LogP contribution in [0.3, 0.4) is 0 Å². The van der Waals surface area contributed by atoms with Crippen LogP contribution in [0.15, 0.2) is 24.3 Å². The van der Waals surface area contributed by atoms with Gasteiger partial charge in [0.2, 0.25) is 5.91 Å². The first-order valence-corrected chi connectivity index (χ1v) is 10.3. The molecule has 2 saturated heterocycles. The molecule has 144 valence electrons. The van der Waals surface area contributed by atoms with E-state index < -0.39 is 0 Å². The molecule has 4 nitrogen and oxygen atoms in total. The van der Waals surface area contributed by atoms with Crippen molar-refractivity contribution in [3.05, 3.63) is 35.4 Å². The molecule has 1 aromatic carbocycles. The van der Waals surface area contributed by atoms with E-state index in [0.717, 1.165) is 51.4 Å². The average molecular weight is 358 g/mol. The highest BCUT2D eigenvalue weighted by molar-refractivity contribution is 5.78. The highest BCUT2D eigenvalue weighted by Gasteiger charge is 2.25. The molecule has 2 aliphatic heterocycles. The highest BCUT2D eigenvalue weighted by atomic mass is 16.1. The van der Waals surface area contributed by atoms with E-state index in [1.165, 1.54) is 37.1 Å². The summed E-state index contributed by atoms with van der Waals surface area (Å²) in [6, 6.07) is 8.80. The largest absolute Gasteiger partial charge is 0.356 e. The Morgan fingerprint density at radius 2 is 1.69 bits per heavy atom. The smallest absolute Gasteiger partial charge is 0.223 e. The van der Waals surface area contributed by atoms with Crippen LogP contribution in [0.5, 0.6) is 0 Å². The van der Waals surface area contributed by atoms with Crippen LogP contribution in [0.2, 0.25) is 0 Å². The van der Waals surface area contributed by atoms with E-state index in [1.54, 1.807) is 0 Å². The van der Waals surface area contributed by atoms with Gasteiger partial charge in [0.05, 0.1) is 0 Å². The molecule has 2 fully saturated rings. The van der Waals surface area contributed by atoms with Gasteiger partial charge < -0.3 is 10.2 Å². The number of piperidine rings is 2. The fraction of sp³-hybridized carbons (Fsp3) is 0.682. The maximum Gasteiger partial charge on any atom is 0.223 e. The number of hydrogen-bond acceptors (Lipinski definition) is 3. The quantitative estimate of drug-likeness (QED) is 0.850. The summed E-state index contributed by atoms with van der Waals surface area (Å²) in [5.41, 5.74) is 2.68. The summed E-state index contributed by atoms with van der Waals surface area (Å²) in [6.07, 6.45) is 5.69. The maximum atomic E-state index is 12.5. The van der Waals surface area contributed by atoms with Gasteiger partial charge in [-0.3, -0.25) is 9.69 Å². The minimum atomic E-state index is 0.210. The summed E-state index contributed by atoms with van der Waals surface area (Å²) >= 11 is 0. The second kappa shape index (κ2) is 9.52. The molecular formula is C22H35N3O. The number of benzene rings is 1. The van der Waals surface area contributed by atoms with Crippen molar-refractivity contribution in [2.45, 2.75) is 45.6 Å². The summed E-state index contributed by atoms with van der Waals surface area (Å²) in [4.78, 5) is 17.3. The number of carbonyl (C=O) groups excluding carboxylic acids is 1. The van der Waals surface area contributed by atoms with Crippen molar-refractivity contribution < 1.29 is 4.79 Å². The van der Waals surface area contributed by atoms with E-state index in [9.17, 15) is 4.79 Å². The number of aryl methyl sites for hydroxylation is 1. The van der Waals surface area contributed by atoms with Crippen LogP contribution in [0.25, 0.3) is 0 Å². The normalized spacial score (nSPS) is 21.0. The molecule has 2 heterocycles. The molecule has 0 atom stereocenters. The number of hydrogen-bond donors (Lipinski definition) is 1. The number of nitrogens with one attached hydrogen (secondary N) is 1. The van der Waals surface area contributed by atoms with E-state index in [-0.39, 0.29) is 11.8 Å². The first-order valence-electron chi connectivity index (χ1n) is 10.3. The molecule has 0 saturated carbocycles. The van der Waals surface area contributed by atoms with Crippen LogP contribution >= 0.6 is 0 Å². The van der Waals surface area contributed by atoms with Gasteiger partial charge in [-0.1, -0.05) is 29.8 Å². The van der Waals surface area contributed by atoms with Crippen LogP contribution in [0.1, 0.15) is 43.2 Å². The van der Waals surface area contributed by atoms with E-state index in [2.05, 4.69) is 53.4 Å². The monoisotopic (exact) mass is 357 g/mol. The molecule has 2 aliphatic rings. The van der Waals surface area contributed by atoms with Crippen molar-refractivity contribution >= 4 is 5.91 Å². The van der Waals surface area contributed by atoms with Crippen molar-refractivity contribution in [1.82, 2.24) is 15.1 Å². The number of nitrogens with zero attached hydrogens (tertiary/aromatic N) is 2. The van der Waals surface area contributed by atoms with E-state index in [1.807, 2.05) is 0 Å². The second-order valence-corrected chi connectivity index (χ2v) is 8.36. The minimum absolute atomic E-state index is 0.210. The number of likely N-dealkylation sites (tertiary alicyclic amines) is 2. The lowest BCUT2D eigenvalue weighted by Gasteiger charge is -2.32. The number of carbonyl (C=O) groups is 1. The Kier molecular flexibility index (Phi) is 7.09. The highest BCUT2D eigenvalue weighted by Crippen LogP contribution is 2.21. The summed E-state index contributed by atoms with van der Waals surface area (Å²) in [7, 11) is 2.20. The molecule has 26 heavy (non-hydrogen) atoms. The van der Waals surface area contributed by atoms with Crippen molar-refractivity contribution in [1.29, 1.82) is 0 Å². The Balaban J connectivity index is 1.32. The van der Waals surface area contributed by atoms with Crippen molar-refractivity contribution in [2.75, 3.05) is 39.8 Å². The zero-order valence-electron chi connectivity index (χ0n) is 16.5. The molecule has 0 bridgehead atoms. The van der Waals surface area contributed by atoms with E-state index in [0.29, 0.717) is 0 Å². The van der Waals surface area contributed by atoms with Crippen molar-refractivity contribution in [2.24, 2.45) is 11.8 Å². The lowest BCUT2D eigenvalue weighted by atomic mass is 9.93. The molecule has 3 rings (SSSR count). The Morgan fingerprint density at radius 3 is 2.35 bits per heavy atom. The third kappa shape index (κ3) is 5.82.